The molecule has 0 spiro atoms. The lowest BCUT2D eigenvalue weighted by molar-refractivity contribution is -0.131. The SMILES string of the molecule is N#C[C@@H]1CCCN(C2CCN(C(=O)CN)CC2)C1. The van der Waals surface area contributed by atoms with E-state index >= 15 is 0 Å². The maximum absolute atomic E-state index is 11.5. The van der Waals surface area contributed by atoms with Crippen molar-refractivity contribution < 1.29 is 4.79 Å². The quantitative estimate of drug-likeness (QED) is 0.758. The average Bonchev–Trinajstić information content (AvgIpc) is 2.46. The van der Waals surface area contributed by atoms with Gasteiger partial charge in [0.05, 0.1) is 18.5 Å². The molecule has 0 unspecified atom stereocenters. The van der Waals surface area contributed by atoms with Crippen molar-refractivity contribution in [2.45, 2.75) is 31.7 Å². The van der Waals surface area contributed by atoms with E-state index in [0.717, 1.165) is 51.9 Å². The minimum atomic E-state index is 0.0574. The summed E-state index contributed by atoms with van der Waals surface area (Å²) in [7, 11) is 0. The lowest BCUT2D eigenvalue weighted by atomic mass is 9.95. The number of nitrogens with two attached hydrogens (primary N) is 1. The summed E-state index contributed by atoms with van der Waals surface area (Å²) in [6.07, 6.45) is 4.20. The monoisotopic (exact) mass is 250 g/mol. The Labute approximate surface area is 109 Å². The predicted octanol–water partition coefficient (Wildman–Crippen LogP) is 0.172. The molecule has 100 valence electrons. The van der Waals surface area contributed by atoms with Gasteiger partial charge in [0, 0.05) is 25.7 Å². The third-order valence-electron chi connectivity index (χ3n) is 4.14. The Morgan fingerprint density at radius 3 is 2.61 bits per heavy atom. The second-order valence-electron chi connectivity index (χ2n) is 5.28. The van der Waals surface area contributed by atoms with E-state index in [0.29, 0.717) is 6.04 Å². The normalized spacial score (nSPS) is 26.9. The fraction of sp³-hybridized carbons (Fsp3) is 0.846. The molecule has 0 aromatic heterocycles. The summed E-state index contributed by atoms with van der Waals surface area (Å²) >= 11 is 0. The molecule has 0 saturated carbocycles. The van der Waals surface area contributed by atoms with Crippen LogP contribution >= 0.6 is 0 Å². The van der Waals surface area contributed by atoms with E-state index in [1.54, 1.807) is 0 Å². The first-order chi connectivity index (χ1) is 8.74. The molecule has 0 aliphatic carbocycles. The van der Waals surface area contributed by atoms with Crippen molar-refractivity contribution in [1.29, 1.82) is 5.26 Å². The highest BCUT2D eigenvalue weighted by Crippen LogP contribution is 2.23. The van der Waals surface area contributed by atoms with Crippen molar-refractivity contribution in [1.82, 2.24) is 9.80 Å². The van der Waals surface area contributed by atoms with Gasteiger partial charge < -0.3 is 10.6 Å². The summed E-state index contributed by atoms with van der Waals surface area (Å²) in [5, 5.41) is 9.01. The first-order valence-corrected chi connectivity index (χ1v) is 6.86. The third-order valence-corrected chi connectivity index (χ3v) is 4.14. The Hall–Kier alpha value is -1.12. The number of nitrogens with zero attached hydrogens (tertiary/aromatic N) is 3. The van der Waals surface area contributed by atoms with Crippen LogP contribution in [0.15, 0.2) is 0 Å². The van der Waals surface area contributed by atoms with Gasteiger partial charge in [-0.3, -0.25) is 9.69 Å². The second-order valence-corrected chi connectivity index (χ2v) is 5.28. The first-order valence-electron chi connectivity index (χ1n) is 6.86. The summed E-state index contributed by atoms with van der Waals surface area (Å²) in [6.45, 7) is 3.76. The molecule has 5 nitrogen and oxygen atoms in total. The number of carbonyl (C=O) groups excluding carboxylic acids is 1. The first kappa shape index (κ1) is 13.3. The number of likely N-dealkylation sites (tertiary alicyclic amines) is 2. The molecule has 2 saturated heterocycles. The van der Waals surface area contributed by atoms with Crippen LogP contribution in [0.2, 0.25) is 0 Å². The second kappa shape index (κ2) is 6.17. The zero-order chi connectivity index (χ0) is 13.0. The summed E-state index contributed by atoms with van der Waals surface area (Å²) in [5.74, 6) is 0.254. The average molecular weight is 250 g/mol. The van der Waals surface area contributed by atoms with Crippen LogP contribution in [0.4, 0.5) is 0 Å². The van der Waals surface area contributed by atoms with Gasteiger partial charge in [0.25, 0.3) is 0 Å². The van der Waals surface area contributed by atoms with Crippen molar-refractivity contribution in [3.8, 4) is 6.07 Å². The number of amides is 1. The molecule has 2 rings (SSSR count). The minimum absolute atomic E-state index is 0.0574. The van der Waals surface area contributed by atoms with Gasteiger partial charge in [0.2, 0.25) is 5.91 Å². The Bertz CT molecular complexity index is 330. The summed E-state index contributed by atoms with van der Waals surface area (Å²) < 4.78 is 0. The van der Waals surface area contributed by atoms with Gasteiger partial charge in [-0.05, 0) is 32.2 Å². The van der Waals surface area contributed by atoms with E-state index in [4.69, 9.17) is 11.0 Å². The number of hydrogen-bond acceptors (Lipinski definition) is 4. The summed E-state index contributed by atoms with van der Waals surface area (Å²) in [4.78, 5) is 15.8. The maximum Gasteiger partial charge on any atom is 0.236 e. The molecule has 5 heteroatoms. The third kappa shape index (κ3) is 3.01. The van der Waals surface area contributed by atoms with Gasteiger partial charge in [-0.15, -0.1) is 0 Å². The van der Waals surface area contributed by atoms with E-state index in [9.17, 15) is 4.79 Å². The van der Waals surface area contributed by atoms with E-state index in [1.807, 2.05) is 4.90 Å². The topological polar surface area (TPSA) is 73.4 Å². The van der Waals surface area contributed by atoms with Crippen LogP contribution in [-0.2, 0) is 4.79 Å². The molecule has 2 heterocycles. The Balaban J connectivity index is 1.82. The van der Waals surface area contributed by atoms with Crippen LogP contribution in [0.5, 0.6) is 0 Å². The van der Waals surface area contributed by atoms with Gasteiger partial charge in [0.1, 0.15) is 0 Å². The van der Waals surface area contributed by atoms with Gasteiger partial charge in [0.15, 0.2) is 0 Å². The molecule has 1 atom stereocenters. The van der Waals surface area contributed by atoms with Crippen LogP contribution in [0.25, 0.3) is 0 Å². The van der Waals surface area contributed by atoms with Crippen molar-refractivity contribution in [3.05, 3.63) is 0 Å². The number of rotatable bonds is 2. The highest BCUT2D eigenvalue weighted by atomic mass is 16.2. The van der Waals surface area contributed by atoms with Gasteiger partial charge >= 0.3 is 0 Å². The standard InChI is InChI=1S/C13H22N4O/c14-8-11-2-1-5-17(10-11)12-3-6-16(7-4-12)13(18)9-15/h11-12H,1-7,9-10,15H2/t11-/m0/s1. The zero-order valence-electron chi connectivity index (χ0n) is 10.8. The lowest BCUT2D eigenvalue weighted by Gasteiger charge is -2.41. The molecule has 18 heavy (non-hydrogen) atoms. The lowest BCUT2D eigenvalue weighted by Crippen LogP contribution is -2.50. The molecule has 0 aromatic carbocycles. The van der Waals surface area contributed by atoms with E-state index in [-0.39, 0.29) is 18.4 Å². The smallest absolute Gasteiger partial charge is 0.236 e. The summed E-state index contributed by atoms with van der Waals surface area (Å²) in [6, 6.07) is 2.93. The number of hydrogen-bond donors (Lipinski definition) is 1. The molecule has 0 bridgehead atoms. The predicted molar refractivity (Wildman–Crippen MR) is 68.6 cm³/mol. The fourth-order valence-electron chi connectivity index (χ4n) is 3.05. The van der Waals surface area contributed by atoms with Crippen LogP contribution in [0, 0.1) is 17.2 Å². The zero-order valence-corrected chi connectivity index (χ0v) is 10.8. The van der Waals surface area contributed by atoms with Crippen LogP contribution in [0.1, 0.15) is 25.7 Å². The van der Waals surface area contributed by atoms with E-state index in [2.05, 4.69) is 11.0 Å². The van der Waals surface area contributed by atoms with Gasteiger partial charge in [-0.1, -0.05) is 0 Å². The summed E-state index contributed by atoms with van der Waals surface area (Å²) in [5.41, 5.74) is 5.38. The Morgan fingerprint density at radius 2 is 2.00 bits per heavy atom. The highest BCUT2D eigenvalue weighted by Gasteiger charge is 2.29. The number of piperidine rings is 2. The Morgan fingerprint density at radius 1 is 1.28 bits per heavy atom. The Kier molecular flexibility index (Phi) is 4.56. The molecule has 1 amide bonds. The van der Waals surface area contributed by atoms with Crippen molar-refractivity contribution in [3.63, 3.8) is 0 Å². The molecular weight excluding hydrogens is 228 g/mol. The molecule has 2 aliphatic rings. The molecule has 2 aliphatic heterocycles. The van der Waals surface area contributed by atoms with Crippen molar-refractivity contribution in [2.75, 3.05) is 32.7 Å². The molecular formula is C13H22N4O. The molecule has 2 N–H and O–H groups in total. The maximum atomic E-state index is 11.5. The fourth-order valence-corrected chi connectivity index (χ4v) is 3.05. The van der Waals surface area contributed by atoms with Crippen molar-refractivity contribution in [2.24, 2.45) is 11.7 Å². The van der Waals surface area contributed by atoms with E-state index < -0.39 is 0 Å². The van der Waals surface area contributed by atoms with Crippen LogP contribution in [0.3, 0.4) is 0 Å². The number of nitriles is 1. The van der Waals surface area contributed by atoms with Gasteiger partial charge in [-0.2, -0.15) is 5.26 Å². The van der Waals surface area contributed by atoms with Crippen LogP contribution in [-0.4, -0.2) is 54.5 Å². The molecule has 0 aromatic rings. The minimum Gasteiger partial charge on any atom is -0.341 e. The number of carbonyl (C=O) groups is 1. The molecule has 2 fully saturated rings. The van der Waals surface area contributed by atoms with Gasteiger partial charge in [-0.25, -0.2) is 0 Å². The van der Waals surface area contributed by atoms with E-state index in [1.165, 1.54) is 0 Å². The molecule has 0 radical (unpaired) electrons. The van der Waals surface area contributed by atoms with Crippen molar-refractivity contribution >= 4 is 5.91 Å². The largest absolute Gasteiger partial charge is 0.341 e. The van der Waals surface area contributed by atoms with Crippen LogP contribution < -0.4 is 5.73 Å². The highest BCUT2D eigenvalue weighted by molar-refractivity contribution is 5.78.